The number of aliphatic hydroxyl groups excluding tert-OH is 1. The van der Waals surface area contributed by atoms with E-state index in [-0.39, 0.29) is 12.2 Å². The number of carboxylic acids is 1. The molecule has 0 aromatic carbocycles. The van der Waals surface area contributed by atoms with Crippen molar-refractivity contribution in [3.8, 4) is 0 Å². The van der Waals surface area contributed by atoms with E-state index in [9.17, 15) is 14.4 Å². The van der Waals surface area contributed by atoms with Crippen LogP contribution in [0.3, 0.4) is 0 Å². The van der Waals surface area contributed by atoms with Crippen LogP contribution in [0.15, 0.2) is 0 Å². The first-order chi connectivity index (χ1) is 9.87. The first kappa shape index (κ1) is 20.0. The van der Waals surface area contributed by atoms with Crippen molar-refractivity contribution in [1.82, 2.24) is 10.6 Å². The second-order valence-electron chi connectivity index (χ2n) is 4.21. The second-order valence-corrected chi connectivity index (χ2v) is 5.56. The van der Waals surface area contributed by atoms with Gasteiger partial charge in [0.25, 0.3) is 0 Å². The summed E-state index contributed by atoms with van der Waals surface area (Å²) in [7, 11) is 0. The lowest BCUT2D eigenvalue weighted by molar-refractivity contribution is -0.142. The minimum Gasteiger partial charge on any atom is -0.480 e. The molecule has 21 heavy (non-hydrogen) atoms. The fraction of sp³-hybridized carbons (Fsp3) is 0.727. The molecule has 0 bridgehead atoms. The zero-order valence-corrected chi connectivity index (χ0v) is 13.3. The van der Waals surface area contributed by atoms with Gasteiger partial charge in [-0.3, -0.25) is 9.59 Å². The summed E-state index contributed by atoms with van der Waals surface area (Å²) in [5.41, 5.74) is 5.44. The van der Waals surface area contributed by atoms with Gasteiger partial charge in [-0.2, -0.15) is 24.4 Å². The van der Waals surface area contributed by atoms with Crippen molar-refractivity contribution in [3.63, 3.8) is 0 Å². The Hall–Kier alpha value is -0.970. The Balaban J connectivity index is 4.62. The maximum Gasteiger partial charge on any atom is 0.326 e. The number of thioether (sulfide) groups is 1. The van der Waals surface area contributed by atoms with E-state index in [2.05, 4.69) is 23.3 Å². The first-order valence-electron chi connectivity index (χ1n) is 6.17. The molecule has 0 rings (SSSR count). The van der Waals surface area contributed by atoms with Gasteiger partial charge < -0.3 is 26.6 Å². The van der Waals surface area contributed by atoms with Crippen molar-refractivity contribution in [1.29, 1.82) is 0 Å². The van der Waals surface area contributed by atoms with Crippen LogP contribution in [-0.4, -0.2) is 70.5 Å². The summed E-state index contributed by atoms with van der Waals surface area (Å²) in [5.74, 6) is -1.96. The molecule has 0 heterocycles. The van der Waals surface area contributed by atoms with Crippen molar-refractivity contribution < 1.29 is 24.6 Å². The lowest BCUT2D eigenvalue weighted by atomic mass is 10.2. The fourth-order valence-corrected chi connectivity index (χ4v) is 1.96. The van der Waals surface area contributed by atoms with Gasteiger partial charge in [0.1, 0.15) is 12.1 Å². The van der Waals surface area contributed by atoms with E-state index in [4.69, 9.17) is 15.9 Å². The molecule has 0 aliphatic carbocycles. The van der Waals surface area contributed by atoms with Crippen LogP contribution in [0.2, 0.25) is 0 Å². The van der Waals surface area contributed by atoms with Crippen molar-refractivity contribution >= 4 is 42.2 Å². The van der Waals surface area contributed by atoms with E-state index in [1.54, 1.807) is 0 Å². The van der Waals surface area contributed by atoms with Gasteiger partial charge in [0, 0.05) is 5.75 Å². The number of aliphatic hydroxyl groups is 1. The number of carboxylic acid groups (broad SMARTS) is 1. The standard InChI is InChI=1S/C11H21N3O5S2/c1-21-3-2-7(11(18)19)13-10(17)8(4-15)14-9(16)6(12)5-20/h6-8,15,20H,2-5,12H2,1H3,(H,13,17)(H,14,16)(H,18,19)/t6-,7-,8-/m0/s1. The second kappa shape index (κ2) is 10.7. The summed E-state index contributed by atoms with van der Waals surface area (Å²) < 4.78 is 0. The predicted octanol–water partition coefficient (Wildman–Crippen LogP) is -1.96. The smallest absolute Gasteiger partial charge is 0.326 e. The number of carbonyl (C=O) groups excluding carboxylic acids is 2. The summed E-state index contributed by atoms with van der Waals surface area (Å²) in [6, 6.07) is -3.24. The third kappa shape index (κ3) is 7.55. The zero-order chi connectivity index (χ0) is 16.4. The van der Waals surface area contributed by atoms with E-state index < -0.39 is 42.5 Å². The monoisotopic (exact) mass is 339 g/mol. The predicted molar refractivity (Wildman–Crippen MR) is 83.4 cm³/mol. The molecule has 0 aromatic heterocycles. The number of hydrogen-bond acceptors (Lipinski definition) is 7. The van der Waals surface area contributed by atoms with Gasteiger partial charge in [0.05, 0.1) is 12.6 Å². The summed E-state index contributed by atoms with van der Waals surface area (Å²) in [6.07, 6.45) is 2.06. The number of rotatable bonds is 10. The molecule has 0 aliphatic heterocycles. The molecule has 0 saturated heterocycles. The van der Waals surface area contributed by atoms with Crippen molar-refractivity contribution in [2.45, 2.75) is 24.5 Å². The lowest BCUT2D eigenvalue weighted by Crippen LogP contribution is -2.56. The molecule has 0 aromatic rings. The Morgan fingerprint density at radius 1 is 1.24 bits per heavy atom. The fourth-order valence-electron chi connectivity index (χ4n) is 1.32. The Labute approximate surface area is 132 Å². The molecule has 0 saturated carbocycles. The molecule has 6 N–H and O–H groups in total. The Bertz CT molecular complexity index is 370. The minimum absolute atomic E-state index is 0.0804. The molecule has 3 atom stereocenters. The van der Waals surface area contributed by atoms with Gasteiger partial charge in [-0.25, -0.2) is 4.79 Å². The van der Waals surface area contributed by atoms with Gasteiger partial charge >= 0.3 is 5.97 Å². The third-order valence-electron chi connectivity index (χ3n) is 2.57. The number of thiol groups is 1. The number of carbonyl (C=O) groups is 3. The molecule has 0 radical (unpaired) electrons. The third-order valence-corrected chi connectivity index (χ3v) is 3.61. The van der Waals surface area contributed by atoms with Crippen LogP contribution in [-0.2, 0) is 14.4 Å². The highest BCUT2D eigenvalue weighted by Crippen LogP contribution is 2.01. The molecule has 2 amide bonds. The molecule has 122 valence electrons. The summed E-state index contributed by atoms with van der Waals surface area (Å²) in [4.78, 5) is 34.5. The van der Waals surface area contributed by atoms with Crippen LogP contribution < -0.4 is 16.4 Å². The van der Waals surface area contributed by atoms with E-state index in [1.165, 1.54) is 11.8 Å². The average molecular weight is 339 g/mol. The van der Waals surface area contributed by atoms with Crippen LogP contribution >= 0.6 is 24.4 Å². The number of amides is 2. The van der Waals surface area contributed by atoms with Crippen molar-refractivity contribution in [2.24, 2.45) is 5.73 Å². The van der Waals surface area contributed by atoms with Crippen LogP contribution in [0.5, 0.6) is 0 Å². The Morgan fingerprint density at radius 3 is 2.24 bits per heavy atom. The van der Waals surface area contributed by atoms with Crippen LogP contribution in [0.25, 0.3) is 0 Å². The molecular weight excluding hydrogens is 318 g/mol. The maximum absolute atomic E-state index is 11.9. The summed E-state index contributed by atoms with van der Waals surface area (Å²) in [5, 5.41) is 22.7. The maximum atomic E-state index is 11.9. The Morgan fingerprint density at radius 2 is 1.81 bits per heavy atom. The van der Waals surface area contributed by atoms with E-state index in [0.717, 1.165) is 0 Å². The zero-order valence-electron chi connectivity index (χ0n) is 11.6. The average Bonchev–Trinajstić information content (AvgIpc) is 2.46. The quantitative estimate of drug-likeness (QED) is 0.254. The van der Waals surface area contributed by atoms with Crippen molar-refractivity contribution in [2.75, 3.05) is 24.4 Å². The minimum atomic E-state index is -1.25. The highest BCUT2D eigenvalue weighted by atomic mass is 32.2. The lowest BCUT2D eigenvalue weighted by Gasteiger charge is -2.21. The van der Waals surface area contributed by atoms with Crippen LogP contribution in [0.4, 0.5) is 0 Å². The van der Waals surface area contributed by atoms with Gasteiger partial charge in [-0.15, -0.1) is 0 Å². The molecule has 0 unspecified atom stereocenters. The normalized spacial score (nSPS) is 14.9. The van der Waals surface area contributed by atoms with Crippen LogP contribution in [0.1, 0.15) is 6.42 Å². The highest BCUT2D eigenvalue weighted by Gasteiger charge is 2.26. The topological polar surface area (TPSA) is 142 Å². The molecule has 0 aliphatic rings. The molecule has 0 fully saturated rings. The molecule has 10 heteroatoms. The van der Waals surface area contributed by atoms with Gasteiger partial charge in [0.15, 0.2) is 0 Å². The molecular formula is C11H21N3O5S2. The van der Waals surface area contributed by atoms with E-state index >= 15 is 0 Å². The summed E-state index contributed by atoms with van der Waals surface area (Å²) >= 11 is 5.30. The number of nitrogens with two attached hydrogens (primary N) is 1. The van der Waals surface area contributed by atoms with E-state index in [1.807, 2.05) is 6.26 Å². The summed E-state index contributed by atoms with van der Waals surface area (Å²) in [6.45, 7) is -0.661. The number of aliphatic carboxylic acids is 1. The van der Waals surface area contributed by atoms with Gasteiger partial charge in [-0.1, -0.05) is 0 Å². The van der Waals surface area contributed by atoms with Crippen LogP contribution in [0, 0.1) is 0 Å². The SMILES string of the molecule is CSCC[C@H](NC(=O)[C@H](CO)NC(=O)[C@@H](N)CS)C(=O)O. The van der Waals surface area contributed by atoms with Gasteiger partial charge in [-0.05, 0) is 18.4 Å². The molecule has 0 spiro atoms. The first-order valence-corrected chi connectivity index (χ1v) is 8.19. The number of nitrogens with one attached hydrogen (secondary N) is 2. The number of hydrogen-bond donors (Lipinski definition) is 6. The van der Waals surface area contributed by atoms with Gasteiger partial charge in [0.2, 0.25) is 11.8 Å². The van der Waals surface area contributed by atoms with Crippen molar-refractivity contribution in [3.05, 3.63) is 0 Å². The Kier molecular flexibility index (Phi) is 10.2. The van der Waals surface area contributed by atoms with E-state index in [0.29, 0.717) is 5.75 Å². The molecule has 8 nitrogen and oxygen atoms in total. The highest BCUT2D eigenvalue weighted by molar-refractivity contribution is 7.98. The largest absolute Gasteiger partial charge is 0.480 e.